The van der Waals surface area contributed by atoms with Gasteiger partial charge in [-0.25, -0.2) is 0 Å². The first kappa shape index (κ1) is 10.3. The highest BCUT2D eigenvalue weighted by Crippen LogP contribution is 2.32. The lowest BCUT2D eigenvalue weighted by Gasteiger charge is -2.10. The second kappa shape index (κ2) is 3.96. The summed E-state index contributed by atoms with van der Waals surface area (Å²) in [4.78, 5) is 11.3. The Morgan fingerprint density at radius 2 is 2.15 bits per heavy atom. The molecule has 0 amide bonds. The van der Waals surface area contributed by atoms with E-state index in [0.29, 0.717) is 12.8 Å². The van der Waals surface area contributed by atoms with Crippen LogP contribution in [0.25, 0.3) is 0 Å². The number of hydrogen-bond donors (Lipinski definition) is 1. The van der Waals surface area contributed by atoms with Crippen LogP contribution in [0.5, 0.6) is 0 Å². The standard InChI is InChI=1S/C9H17N3O/c1-3-4-8(13)7(10)5-6-9(2)11-12-9/h7H,3-6,10H2,1-2H3. The number of Topliss-reactive ketones (excluding diaryl/α,β-unsaturated/α-hetero) is 1. The van der Waals surface area contributed by atoms with Crippen LogP contribution in [0.3, 0.4) is 0 Å². The van der Waals surface area contributed by atoms with Gasteiger partial charge in [-0.05, 0) is 26.2 Å². The van der Waals surface area contributed by atoms with Crippen molar-refractivity contribution in [3.63, 3.8) is 0 Å². The maximum Gasteiger partial charge on any atom is 0.188 e. The predicted molar refractivity (Wildman–Crippen MR) is 50.4 cm³/mol. The minimum atomic E-state index is -0.317. The number of carbonyl (C=O) groups is 1. The Hall–Kier alpha value is -0.770. The first-order chi connectivity index (χ1) is 6.07. The molecule has 74 valence electrons. The molecule has 0 saturated carbocycles. The van der Waals surface area contributed by atoms with Crippen molar-refractivity contribution in [1.82, 2.24) is 0 Å². The van der Waals surface area contributed by atoms with Crippen molar-refractivity contribution in [2.24, 2.45) is 16.0 Å². The molecule has 2 N–H and O–H groups in total. The molecule has 1 rings (SSSR count). The van der Waals surface area contributed by atoms with E-state index < -0.39 is 0 Å². The van der Waals surface area contributed by atoms with E-state index in [1.807, 2.05) is 13.8 Å². The molecular weight excluding hydrogens is 166 g/mol. The topological polar surface area (TPSA) is 67.8 Å². The lowest BCUT2D eigenvalue weighted by Crippen LogP contribution is -2.31. The van der Waals surface area contributed by atoms with Crippen molar-refractivity contribution >= 4 is 5.78 Å². The quantitative estimate of drug-likeness (QED) is 0.680. The molecule has 13 heavy (non-hydrogen) atoms. The number of carbonyl (C=O) groups excluding carboxylic acids is 1. The Morgan fingerprint density at radius 1 is 1.54 bits per heavy atom. The zero-order chi connectivity index (χ0) is 9.90. The van der Waals surface area contributed by atoms with E-state index in [1.54, 1.807) is 0 Å². The molecule has 4 nitrogen and oxygen atoms in total. The Labute approximate surface area is 78.6 Å². The van der Waals surface area contributed by atoms with Crippen LogP contribution in [0, 0.1) is 0 Å². The van der Waals surface area contributed by atoms with Crippen LogP contribution in [0.1, 0.15) is 39.5 Å². The average Bonchev–Trinajstić information content (AvgIpc) is 2.81. The van der Waals surface area contributed by atoms with Gasteiger partial charge in [-0.2, -0.15) is 10.2 Å². The molecule has 0 fully saturated rings. The summed E-state index contributed by atoms with van der Waals surface area (Å²) in [6, 6.07) is -0.317. The highest BCUT2D eigenvalue weighted by molar-refractivity contribution is 5.83. The molecule has 1 atom stereocenters. The van der Waals surface area contributed by atoms with Crippen molar-refractivity contribution in [3.05, 3.63) is 0 Å². The fraction of sp³-hybridized carbons (Fsp3) is 0.889. The number of nitrogens with zero attached hydrogens (tertiary/aromatic N) is 2. The number of hydrogen-bond acceptors (Lipinski definition) is 4. The smallest absolute Gasteiger partial charge is 0.188 e. The van der Waals surface area contributed by atoms with Crippen LogP contribution in [-0.4, -0.2) is 17.5 Å². The van der Waals surface area contributed by atoms with E-state index >= 15 is 0 Å². The maximum atomic E-state index is 11.3. The summed E-state index contributed by atoms with van der Waals surface area (Å²) >= 11 is 0. The third kappa shape index (κ3) is 3.22. The molecule has 0 aromatic rings. The van der Waals surface area contributed by atoms with Crippen LogP contribution >= 0.6 is 0 Å². The van der Waals surface area contributed by atoms with E-state index in [-0.39, 0.29) is 17.5 Å². The molecule has 0 radical (unpaired) electrons. The van der Waals surface area contributed by atoms with Gasteiger partial charge >= 0.3 is 0 Å². The van der Waals surface area contributed by atoms with Gasteiger partial charge in [0.25, 0.3) is 0 Å². The molecule has 0 aliphatic carbocycles. The molecule has 0 bridgehead atoms. The van der Waals surface area contributed by atoms with Crippen LogP contribution < -0.4 is 5.73 Å². The van der Waals surface area contributed by atoms with Gasteiger partial charge < -0.3 is 5.73 Å². The highest BCUT2D eigenvalue weighted by Gasteiger charge is 2.34. The van der Waals surface area contributed by atoms with Crippen molar-refractivity contribution in [3.8, 4) is 0 Å². The van der Waals surface area contributed by atoms with Crippen LogP contribution in [0.4, 0.5) is 0 Å². The fourth-order valence-electron chi connectivity index (χ4n) is 1.21. The van der Waals surface area contributed by atoms with Crippen molar-refractivity contribution in [2.75, 3.05) is 0 Å². The largest absolute Gasteiger partial charge is 0.322 e. The number of rotatable bonds is 6. The third-order valence-corrected chi connectivity index (χ3v) is 2.28. The van der Waals surface area contributed by atoms with Gasteiger partial charge in [-0.3, -0.25) is 4.79 Å². The molecule has 0 spiro atoms. The summed E-state index contributed by atoms with van der Waals surface area (Å²) in [6.45, 7) is 3.93. The molecule has 0 aromatic heterocycles. The summed E-state index contributed by atoms with van der Waals surface area (Å²) in [5, 5.41) is 7.74. The number of nitrogens with two attached hydrogens (primary N) is 1. The lowest BCUT2D eigenvalue weighted by atomic mass is 10.0. The average molecular weight is 183 g/mol. The van der Waals surface area contributed by atoms with Crippen LogP contribution in [0.15, 0.2) is 10.2 Å². The van der Waals surface area contributed by atoms with Gasteiger partial charge in [-0.1, -0.05) is 6.92 Å². The first-order valence-electron chi connectivity index (χ1n) is 4.80. The zero-order valence-electron chi connectivity index (χ0n) is 8.29. The third-order valence-electron chi connectivity index (χ3n) is 2.28. The minimum Gasteiger partial charge on any atom is -0.322 e. The Bertz CT molecular complexity index is 219. The van der Waals surface area contributed by atoms with Crippen molar-refractivity contribution in [2.45, 2.75) is 51.2 Å². The van der Waals surface area contributed by atoms with Gasteiger partial charge in [0.1, 0.15) is 5.78 Å². The molecular formula is C9H17N3O. The van der Waals surface area contributed by atoms with Gasteiger partial charge in [0.15, 0.2) is 5.66 Å². The highest BCUT2D eigenvalue weighted by atomic mass is 16.1. The molecule has 0 aromatic carbocycles. The van der Waals surface area contributed by atoms with Crippen molar-refractivity contribution in [1.29, 1.82) is 0 Å². The molecule has 0 saturated heterocycles. The van der Waals surface area contributed by atoms with Gasteiger partial charge in [0.2, 0.25) is 0 Å². The number of ketones is 1. The summed E-state index contributed by atoms with van der Waals surface area (Å²) in [5.41, 5.74) is 5.49. The molecule has 1 heterocycles. The van der Waals surface area contributed by atoms with Crippen LogP contribution in [0.2, 0.25) is 0 Å². The Balaban J connectivity index is 2.16. The Kier molecular flexibility index (Phi) is 3.14. The molecule has 1 aliphatic heterocycles. The SMILES string of the molecule is CCCC(=O)C(N)CCC1(C)N=N1. The van der Waals surface area contributed by atoms with E-state index in [2.05, 4.69) is 10.2 Å². The molecule has 1 aliphatic rings. The maximum absolute atomic E-state index is 11.3. The second-order valence-electron chi connectivity index (χ2n) is 3.78. The van der Waals surface area contributed by atoms with Gasteiger partial charge in [0.05, 0.1) is 6.04 Å². The normalized spacial score (nSPS) is 19.9. The molecule has 4 heteroatoms. The van der Waals surface area contributed by atoms with E-state index in [4.69, 9.17) is 5.73 Å². The van der Waals surface area contributed by atoms with E-state index in [9.17, 15) is 4.79 Å². The van der Waals surface area contributed by atoms with Crippen LogP contribution in [-0.2, 0) is 4.79 Å². The van der Waals surface area contributed by atoms with Gasteiger partial charge in [0, 0.05) is 6.42 Å². The Morgan fingerprint density at radius 3 is 2.62 bits per heavy atom. The predicted octanol–water partition coefficient (Wildman–Crippen LogP) is 1.65. The fourth-order valence-corrected chi connectivity index (χ4v) is 1.21. The van der Waals surface area contributed by atoms with Crippen molar-refractivity contribution < 1.29 is 4.79 Å². The minimum absolute atomic E-state index is 0.159. The zero-order valence-corrected chi connectivity index (χ0v) is 8.29. The first-order valence-corrected chi connectivity index (χ1v) is 4.80. The second-order valence-corrected chi connectivity index (χ2v) is 3.78. The summed E-state index contributed by atoms with van der Waals surface area (Å²) in [7, 11) is 0. The summed E-state index contributed by atoms with van der Waals surface area (Å²) in [5.74, 6) is 0.159. The van der Waals surface area contributed by atoms with E-state index in [1.165, 1.54) is 0 Å². The molecule has 1 unspecified atom stereocenters. The lowest BCUT2D eigenvalue weighted by molar-refractivity contribution is -0.120. The summed E-state index contributed by atoms with van der Waals surface area (Å²) in [6.07, 6.45) is 2.96. The van der Waals surface area contributed by atoms with Gasteiger partial charge in [-0.15, -0.1) is 0 Å². The van der Waals surface area contributed by atoms with E-state index in [0.717, 1.165) is 12.8 Å². The summed E-state index contributed by atoms with van der Waals surface area (Å²) < 4.78 is 0. The monoisotopic (exact) mass is 183 g/mol.